The summed E-state index contributed by atoms with van der Waals surface area (Å²) < 4.78 is 23.8. The largest absolute Gasteiger partial charge is 0.480 e. The van der Waals surface area contributed by atoms with Crippen LogP contribution in [0, 0.1) is 0 Å². The van der Waals surface area contributed by atoms with Gasteiger partial charge in [0.05, 0.1) is 6.26 Å². The molecule has 0 aliphatic rings. The normalized spacial score (nSPS) is 13.3. The predicted molar refractivity (Wildman–Crippen MR) is 68.5 cm³/mol. The molecule has 0 saturated carbocycles. The quantitative estimate of drug-likeness (QED) is 0.350. The summed E-state index contributed by atoms with van der Waals surface area (Å²) in [5.41, 5.74) is 7.99. The molecule has 112 valence electrons. The molecular weight excluding hydrogens is 276 g/mol. The highest BCUT2D eigenvalue weighted by Gasteiger charge is 2.13. The van der Waals surface area contributed by atoms with Crippen LogP contribution < -0.4 is 15.9 Å². The van der Waals surface area contributed by atoms with Crippen LogP contribution in [0.3, 0.4) is 0 Å². The van der Waals surface area contributed by atoms with Crippen molar-refractivity contribution in [3.8, 4) is 0 Å². The summed E-state index contributed by atoms with van der Waals surface area (Å²) >= 11 is 0. The average Bonchev–Trinajstić information content (AvgIpc) is 2.12. The van der Waals surface area contributed by atoms with Crippen LogP contribution in [-0.4, -0.2) is 62.8 Å². The molecule has 0 saturated heterocycles. The van der Waals surface area contributed by atoms with E-state index < -0.39 is 27.9 Å². The van der Waals surface area contributed by atoms with Gasteiger partial charge in [-0.05, 0) is 6.42 Å². The molecule has 5 N–H and O–H groups in total. The molecule has 0 aromatic rings. The van der Waals surface area contributed by atoms with Crippen LogP contribution in [0.4, 0.5) is 0 Å². The standard InChI is InChI=1S/C9H20N4O5S/c1-13(6-9(15)16)12-8(14)5-7(10)3-4-11-19(2,17)18/h7,11H,3-6,10H2,1-2H3,(H,12,14)(H,15,16)/t7-/m0/s1. The predicted octanol–water partition coefficient (Wildman–Crippen LogP) is -2.31. The Morgan fingerprint density at radius 1 is 1.42 bits per heavy atom. The van der Waals surface area contributed by atoms with E-state index in [1.54, 1.807) is 0 Å². The second-order valence-electron chi connectivity index (χ2n) is 4.20. The van der Waals surface area contributed by atoms with E-state index in [-0.39, 0.29) is 19.5 Å². The number of hydrogen-bond donors (Lipinski definition) is 4. The topological polar surface area (TPSA) is 142 Å². The summed E-state index contributed by atoms with van der Waals surface area (Å²) in [6.07, 6.45) is 1.32. The third kappa shape index (κ3) is 11.6. The molecule has 1 amide bonds. The number of sulfonamides is 1. The second-order valence-corrected chi connectivity index (χ2v) is 6.04. The summed E-state index contributed by atoms with van der Waals surface area (Å²) in [5, 5.41) is 9.62. The Balaban J connectivity index is 3.89. The van der Waals surface area contributed by atoms with Crippen molar-refractivity contribution in [3.05, 3.63) is 0 Å². The van der Waals surface area contributed by atoms with Crippen molar-refractivity contribution in [1.29, 1.82) is 0 Å². The summed E-state index contributed by atoms with van der Waals surface area (Å²) in [6, 6.07) is -0.507. The fourth-order valence-electron chi connectivity index (χ4n) is 1.27. The van der Waals surface area contributed by atoms with Gasteiger partial charge in [-0.25, -0.2) is 18.1 Å². The van der Waals surface area contributed by atoms with E-state index in [9.17, 15) is 18.0 Å². The minimum atomic E-state index is -3.26. The number of carboxylic acid groups (broad SMARTS) is 1. The van der Waals surface area contributed by atoms with Crippen LogP contribution in [-0.2, 0) is 19.6 Å². The molecule has 0 unspecified atom stereocenters. The first kappa shape index (κ1) is 17.8. The first-order valence-corrected chi connectivity index (χ1v) is 7.42. The first-order chi connectivity index (χ1) is 8.60. The fourth-order valence-corrected chi connectivity index (χ4v) is 1.76. The summed E-state index contributed by atoms with van der Waals surface area (Å²) in [4.78, 5) is 21.8. The lowest BCUT2D eigenvalue weighted by molar-refractivity contribution is -0.139. The Labute approximate surface area is 112 Å². The van der Waals surface area contributed by atoms with Crippen LogP contribution in [0.2, 0.25) is 0 Å². The molecule has 0 aliphatic carbocycles. The fraction of sp³-hybridized carbons (Fsp3) is 0.778. The van der Waals surface area contributed by atoms with Crippen molar-refractivity contribution in [2.45, 2.75) is 18.9 Å². The molecule has 0 heterocycles. The van der Waals surface area contributed by atoms with Gasteiger partial charge in [-0.3, -0.25) is 15.0 Å². The maximum Gasteiger partial charge on any atom is 0.319 e. The smallest absolute Gasteiger partial charge is 0.319 e. The molecule has 0 aromatic carbocycles. The lowest BCUT2D eigenvalue weighted by Gasteiger charge is -2.17. The van der Waals surface area contributed by atoms with E-state index in [1.165, 1.54) is 7.05 Å². The lowest BCUT2D eigenvalue weighted by atomic mass is 10.1. The lowest BCUT2D eigenvalue weighted by Crippen LogP contribution is -2.44. The number of nitrogens with two attached hydrogens (primary N) is 1. The minimum absolute atomic E-state index is 0.0185. The van der Waals surface area contributed by atoms with Crippen LogP contribution in [0.5, 0.6) is 0 Å². The number of carbonyl (C=O) groups is 2. The van der Waals surface area contributed by atoms with Crippen LogP contribution in [0.25, 0.3) is 0 Å². The molecule has 0 spiro atoms. The minimum Gasteiger partial charge on any atom is -0.480 e. The maximum atomic E-state index is 11.4. The van der Waals surface area contributed by atoms with Gasteiger partial charge in [-0.1, -0.05) is 0 Å². The Morgan fingerprint density at radius 2 is 2.00 bits per heavy atom. The zero-order chi connectivity index (χ0) is 15.1. The number of nitrogens with zero attached hydrogens (tertiary/aromatic N) is 1. The Bertz CT molecular complexity index is 411. The summed E-state index contributed by atoms with van der Waals surface area (Å²) in [6.45, 7) is -0.172. The van der Waals surface area contributed by atoms with Gasteiger partial charge < -0.3 is 10.8 Å². The number of amides is 1. The molecule has 0 bridgehead atoms. The number of nitrogens with one attached hydrogen (secondary N) is 2. The van der Waals surface area contributed by atoms with Crippen LogP contribution in [0.15, 0.2) is 0 Å². The third-order valence-electron chi connectivity index (χ3n) is 2.01. The van der Waals surface area contributed by atoms with Crippen molar-refractivity contribution in [2.24, 2.45) is 5.73 Å². The molecule has 0 radical (unpaired) electrons. The third-order valence-corrected chi connectivity index (χ3v) is 2.74. The zero-order valence-electron chi connectivity index (χ0n) is 10.9. The molecule has 19 heavy (non-hydrogen) atoms. The van der Waals surface area contributed by atoms with Crippen LogP contribution >= 0.6 is 0 Å². The number of rotatable bonds is 9. The molecule has 9 nitrogen and oxygen atoms in total. The molecule has 0 aromatic heterocycles. The zero-order valence-corrected chi connectivity index (χ0v) is 11.7. The van der Waals surface area contributed by atoms with E-state index in [1.807, 2.05) is 0 Å². The molecule has 1 atom stereocenters. The first-order valence-electron chi connectivity index (χ1n) is 5.53. The highest BCUT2D eigenvalue weighted by Crippen LogP contribution is 1.94. The number of likely N-dealkylation sites (N-methyl/N-ethyl adjacent to an activating group) is 1. The summed E-state index contributed by atoms with van der Waals surface area (Å²) in [7, 11) is -1.84. The number of carboxylic acids is 1. The van der Waals surface area contributed by atoms with Crippen molar-refractivity contribution < 1.29 is 23.1 Å². The van der Waals surface area contributed by atoms with Gasteiger partial charge in [0.25, 0.3) is 0 Å². The van der Waals surface area contributed by atoms with Gasteiger partial charge >= 0.3 is 5.97 Å². The van der Waals surface area contributed by atoms with E-state index in [4.69, 9.17) is 10.8 Å². The van der Waals surface area contributed by atoms with Gasteiger partial charge in [-0.15, -0.1) is 0 Å². The van der Waals surface area contributed by atoms with Crippen molar-refractivity contribution in [2.75, 3.05) is 26.4 Å². The number of hydrogen-bond acceptors (Lipinski definition) is 6. The van der Waals surface area contributed by atoms with E-state index in [0.29, 0.717) is 6.42 Å². The second kappa shape index (κ2) is 8.04. The summed E-state index contributed by atoms with van der Waals surface area (Å²) in [5.74, 6) is -1.49. The van der Waals surface area contributed by atoms with Gasteiger partial charge in [0, 0.05) is 26.1 Å². The molecule has 0 aliphatic heterocycles. The van der Waals surface area contributed by atoms with Gasteiger partial charge in [0.15, 0.2) is 0 Å². The van der Waals surface area contributed by atoms with E-state index in [2.05, 4.69) is 10.1 Å². The number of aliphatic carboxylic acids is 1. The molecule has 10 heteroatoms. The number of hydrazine groups is 1. The highest BCUT2D eigenvalue weighted by atomic mass is 32.2. The Kier molecular flexibility index (Phi) is 7.52. The Hall–Kier alpha value is -1.23. The SMILES string of the molecule is CN(CC(=O)O)NC(=O)C[C@@H](N)CCNS(C)(=O)=O. The van der Waals surface area contributed by atoms with Crippen molar-refractivity contribution in [1.82, 2.24) is 15.2 Å². The van der Waals surface area contributed by atoms with E-state index in [0.717, 1.165) is 11.3 Å². The van der Waals surface area contributed by atoms with Crippen LogP contribution in [0.1, 0.15) is 12.8 Å². The van der Waals surface area contributed by atoms with Gasteiger partial charge in [0.2, 0.25) is 15.9 Å². The molecule has 0 rings (SSSR count). The maximum absolute atomic E-state index is 11.4. The highest BCUT2D eigenvalue weighted by molar-refractivity contribution is 7.88. The van der Waals surface area contributed by atoms with Gasteiger partial charge in [-0.2, -0.15) is 0 Å². The average molecular weight is 296 g/mol. The van der Waals surface area contributed by atoms with E-state index >= 15 is 0 Å². The molecular formula is C9H20N4O5S. The number of carbonyl (C=O) groups excluding carboxylic acids is 1. The monoisotopic (exact) mass is 296 g/mol. The Morgan fingerprint density at radius 3 is 2.47 bits per heavy atom. The van der Waals surface area contributed by atoms with Crippen molar-refractivity contribution in [3.63, 3.8) is 0 Å². The molecule has 0 fully saturated rings. The van der Waals surface area contributed by atoms with Gasteiger partial charge in [0.1, 0.15) is 6.54 Å². The van der Waals surface area contributed by atoms with Crippen molar-refractivity contribution >= 4 is 21.9 Å².